The van der Waals surface area contributed by atoms with Crippen LogP contribution in [0.2, 0.25) is 10.0 Å². The molecule has 0 aliphatic carbocycles. The minimum absolute atomic E-state index is 0.0206. The Balaban J connectivity index is 2.38. The van der Waals surface area contributed by atoms with Crippen LogP contribution >= 0.6 is 34.5 Å². The van der Waals surface area contributed by atoms with Gasteiger partial charge in [0.25, 0.3) is 0 Å². The molecule has 0 bridgehead atoms. The highest BCUT2D eigenvalue weighted by Crippen LogP contribution is 2.30. The van der Waals surface area contributed by atoms with Gasteiger partial charge in [0.1, 0.15) is 4.90 Å². The summed E-state index contributed by atoms with van der Waals surface area (Å²) < 4.78 is 27.4. The van der Waals surface area contributed by atoms with Crippen LogP contribution in [0.1, 0.15) is 23.4 Å². The van der Waals surface area contributed by atoms with Gasteiger partial charge >= 0.3 is 0 Å². The van der Waals surface area contributed by atoms with Crippen molar-refractivity contribution in [2.75, 3.05) is 0 Å². The van der Waals surface area contributed by atoms with Crippen LogP contribution in [0.3, 0.4) is 0 Å². The monoisotopic (exact) mass is 365 g/mol. The van der Waals surface area contributed by atoms with Crippen molar-refractivity contribution >= 4 is 44.6 Å². The lowest BCUT2D eigenvalue weighted by molar-refractivity contribution is 0.281. The van der Waals surface area contributed by atoms with E-state index in [4.69, 9.17) is 23.2 Å². The molecule has 2 aromatic rings. The molecule has 1 aromatic heterocycles. The van der Waals surface area contributed by atoms with E-state index < -0.39 is 10.0 Å². The van der Waals surface area contributed by atoms with E-state index in [-0.39, 0.29) is 33.2 Å². The number of sulfonamides is 1. The second-order valence-corrected chi connectivity index (χ2v) is 7.87. The third kappa shape index (κ3) is 3.77. The standard InChI is InChI=1S/C13H13Cl2NO3S2/c1-8(11-3-2-4-20-11)16-21(18,19)12-6-10(14)5-9(7-17)13(12)15/h2-6,8,16-17H,7H2,1H3. The Bertz CT molecular complexity index is 730. The second-order valence-electron chi connectivity index (χ2n) is 4.39. The molecule has 1 unspecified atom stereocenters. The molecule has 0 spiro atoms. The zero-order chi connectivity index (χ0) is 15.6. The number of hydrogen-bond acceptors (Lipinski definition) is 4. The lowest BCUT2D eigenvalue weighted by atomic mass is 10.2. The van der Waals surface area contributed by atoms with E-state index >= 15 is 0 Å². The first-order valence-corrected chi connectivity index (χ1v) is 9.11. The number of aliphatic hydroxyl groups excluding tert-OH is 1. The molecule has 0 fully saturated rings. The molecular weight excluding hydrogens is 353 g/mol. The summed E-state index contributed by atoms with van der Waals surface area (Å²) in [4.78, 5) is 0.753. The summed E-state index contributed by atoms with van der Waals surface area (Å²) in [5.74, 6) is 0. The van der Waals surface area contributed by atoms with Crippen molar-refractivity contribution in [3.63, 3.8) is 0 Å². The molecule has 2 N–H and O–H groups in total. The maximum absolute atomic E-state index is 12.4. The van der Waals surface area contributed by atoms with Gasteiger partial charge in [0.05, 0.1) is 17.7 Å². The van der Waals surface area contributed by atoms with E-state index in [1.165, 1.54) is 23.5 Å². The largest absolute Gasteiger partial charge is 0.392 e. The highest BCUT2D eigenvalue weighted by atomic mass is 35.5. The Hall–Kier alpha value is -0.630. The molecule has 0 saturated carbocycles. The molecule has 1 atom stereocenters. The van der Waals surface area contributed by atoms with Gasteiger partial charge in [-0.1, -0.05) is 29.3 Å². The van der Waals surface area contributed by atoms with Crippen molar-refractivity contribution in [3.8, 4) is 0 Å². The number of nitrogens with one attached hydrogen (secondary N) is 1. The van der Waals surface area contributed by atoms with Crippen LogP contribution in [0.5, 0.6) is 0 Å². The minimum atomic E-state index is -3.84. The SMILES string of the molecule is CC(NS(=O)(=O)c1cc(Cl)cc(CO)c1Cl)c1cccs1. The van der Waals surface area contributed by atoms with Crippen molar-refractivity contribution in [2.24, 2.45) is 0 Å². The number of rotatable bonds is 5. The van der Waals surface area contributed by atoms with Crippen molar-refractivity contribution in [3.05, 3.63) is 50.1 Å². The first kappa shape index (κ1) is 16.7. The number of thiophene rings is 1. The molecule has 1 heterocycles. The van der Waals surface area contributed by atoms with Crippen LogP contribution in [0.4, 0.5) is 0 Å². The highest BCUT2D eigenvalue weighted by Gasteiger charge is 2.23. The van der Waals surface area contributed by atoms with E-state index in [2.05, 4.69) is 4.72 Å². The van der Waals surface area contributed by atoms with Gasteiger partial charge in [-0.15, -0.1) is 11.3 Å². The van der Waals surface area contributed by atoms with Crippen molar-refractivity contribution in [2.45, 2.75) is 24.5 Å². The quantitative estimate of drug-likeness (QED) is 0.850. The molecule has 1 aromatic carbocycles. The fourth-order valence-electron chi connectivity index (χ4n) is 1.82. The smallest absolute Gasteiger partial charge is 0.242 e. The van der Waals surface area contributed by atoms with Gasteiger partial charge in [-0.3, -0.25) is 0 Å². The Kier molecular flexibility index (Phi) is 5.29. The highest BCUT2D eigenvalue weighted by molar-refractivity contribution is 7.89. The van der Waals surface area contributed by atoms with Gasteiger partial charge in [-0.05, 0) is 36.1 Å². The Labute approximate surface area is 137 Å². The molecule has 2 rings (SSSR count). The topological polar surface area (TPSA) is 66.4 Å². The predicted molar refractivity (Wildman–Crippen MR) is 85.4 cm³/mol. The van der Waals surface area contributed by atoms with Crippen molar-refractivity contribution in [1.29, 1.82) is 0 Å². The van der Waals surface area contributed by atoms with E-state index in [0.717, 1.165) is 4.88 Å². The number of hydrogen-bond donors (Lipinski definition) is 2. The van der Waals surface area contributed by atoms with Crippen LogP contribution < -0.4 is 4.72 Å². The molecule has 114 valence electrons. The molecule has 4 nitrogen and oxygen atoms in total. The molecule has 21 heavy (non-hydrogen) atoms. The number of halogens is 2. The molecule has 8 heteroatoms. The second kappa shape index (κ2) is 6.64. The van der Waals surface area contributed by atoms with E-state index in [9.17, 15) is 13.5 Å². The van der Waals surface area contributed by atoms with E-state index in [1.54, 1.807) is 6.92 Å². The normalized spacial score (nSPS) is 13.3. The molecular formula is C13H13Cl2NO3S2. The van der Waals surface area contributed by atoms with Crippen molar-refractivity contribution < 1.29 is 13.5 Å². The van der Waals surface area contributed by atoms with Gasteiger partial charge in [0.2, 0.25) is 10.0 Å². The molecule has 0 aliphatic heterocycles. The lowest BCUT2D eigenvalue weighted by Gasteiger charge is -2.15. The number of aliphatic hydroxyl groups is 1. The number of benzene rings is 1. The predicted octanol–water partition coefficient (Wildman–Crippen LogP) is 3.59. The van der Waals surface area contributed by atoms with E-state index in [1.807, 2.05) is 17.5 Å². The summed E-state index contributed by atoms with van der Waals surface area (Å²) in [5.41, 5.74) is 0.272. The average molecular weight is 366 g/mol. The minimum Gasteiger partial charge on any atom is -0.392 e. The fraction of sp³-hybridized carbons (Fsp3) is 0.231. The van der Waals surface area contributed by atoms with Crippen LogP contribution in [-0.4, -0.2) is 13.5 Å². The van der Waals surface area contributed by atoms with Gasteiger partial charge in [-0.2, -0.15) is 0 Å². The third-order valence-electron chi connectivity index (χ3n) is 2.84. The lowest BCUT2D eigenvalue weighted by Crippen LogP contribution is -2.26. The average Bonchev–Trinajstić information content (AvgIpc) is 2.94. The summed E-state index contributed by atoms with van der Waals surface area (Å²) >= 11 is 13.4. The van der Waals surface area contributed by atoms with Crippen LogP contribution in [0.15, 0.2) is 34.5 Å². The summed E-state index contributed by atoms with van der Waals surface area (Å²) in [6, 6.07) is 6.01. The molecule has 0 radical (unpaired) electrons. The van der Waals surface area contributed by atoms with E-state index in [0.29, 0.717) is 0 Å². The van der Waals surface area contributed by atoms with Gasteiger partial charge in [0.15, 0.2) is 0 Å². The zero-order valence-corrected chi connectivity index (χ0v) is 14.2. The Morgan fingerprint density at radius 1 is 1.38 bits per heavy atom. The van der Waals surface area contributed by atoms with Crippen LogP contribution in [0.25, 0.3) is 0 Å². The van der Waals surface area contributed by atoms with Crippen molar-refractivity contribution in [1.82, 2.24) is 4.72 Å². The summed E-state index contributed by atoms with van der Waals surface area (Å²) in [6.07, 6.45) is 0. The molecule has 0 saturated heterocycles. The summed E-state index contributed by atoms with van der Waals surface area (Å²) in [6.45, 7) is 1.36. The van der Waals surface area contributed by atoms with Crippen LogP contribution in [-0.2, 0) is 16.6 Å². The molecule has 0 aliphatic rings. The molecule has 0 amide bonds. The first-order valence-electron chi connectivity index (χ1n) is 5.99. The van der Waals surface area contributed by atoms with Crippen LogP contribution in [0, 0.1) is 0 Å². The third-order valence-corrected chi connectivity index (χ3v) is 6.24. The fourth-order valence-corrected chi connectivity index (χ4v) is 4.78. The summed E-state index contributed by atoms with van der Waals surface area (Å²) in [7, 11) is -3.84. The Morgan fingerprint density at radius 3 is 2.67 bits per heavy atom. The summed E-state index contributed by atoms with van der Waals surface area (Å²) in [5, 5.41) is 11.3. The maximum Gasteiger partial charge on any atom is 0.242 e. The first-order chi connectivity index (χ1) is 9.85. The Morgan fingerprint density at radius 2 is 2.10 bits per heavy atom. The van der Waals surface area contributed by atoms with Gasteiger partial charge < -0.3 is 5.11 Å². The van der Waals surface area contributed by atoms with Gasteiger partial charge in [0, 0.05) is 9.90 Å². The maximum atomic E-state index is 12.4. The van der Waals surface area contributed by atoms with Gasteiger partial charge in [-0.25, -0.2) is 13.1 Å². The zero-order valence-electron chi connectivity index (χ0n) is 11.0.